The minimum absolute atomic E-state index is 0.152. The zero-order valence-electron chi connectivity index (χ0n) is 13.0. The molecule has 8 nitrogen and oxygen atoms in total. The molecule has 3 rings (SSSR count). The number of nitrogens with one attached hydrogen (secondary N) is 1. The van der Waals surface area contributed by atoms with E-state index < -0.39 is 21.5 Å². The van der Waals surface area contributed by atoms with Gasteiger partial charge in [-0.1, -0.05) is 6.07 Å². The number of hydrogen-bond donors (Lipinski definition) is 1. The van der Waals surface area contributed by atoms with Crippen LogP contribution >= 0.6 is 11.3 Å². The standard InChI is InChI=1S/C15H13N3O5S2/c1-25(21,22)11-6-4-10(5-7-11)16-13(19)9-18-15(20)23-14(17-18)12-3-2-8-24-12/h2-8H,9H2,1H3,(H,16,19). The van der Waals surface area contributed by atoms with Crippen molar-refractivity contribution in [2.75, 3.05) is 11.6 Å². The highest BCUT2D eigenvalue weighted by atomic mass is 32.2. The smallest absolute Gasteiger partial charge is 0.387 e. The molecule has 0 atom stereocenters. The van der Waals surface area contributed by atoms with Crippen LogP contribution in [0.5, 0.6) is 0 Å². The molecule has 0 aliphatic carbocycles. The highest BCUT2D eigenvalue weighted by Crippen LogP contribution is 2.21. The monoisotopic (exact) mass is 379 g/mol. The lowest BCUT2D eigenvalue weighted by atomic mass is 10.3. The van der Waals surface area contributed by atoms with Crippen LogP contribution in [-0.2, 0) is 21.2 Å². The number of nitrogens with zero attached hydrogens (tertiary/aromatic N) is 2. The van der Waals surface area contributed by atoms with E-state index in [4.69, 9.17) is 4.42 Å². The van der Waals surface area contributed by atoms with Crippen molar-refractivity contribution >= 4 is 32.8 Å². The van der Waals surface area contributed by atoms with Gasteiger partial charge in [-0.2, -0.15) is 4.68 Å². The van der Waals surface area contributed by atoms with Gasteiger partial charge in [0.2, 0.25) is 5.91 Å². The van der Waals surface area contributed by atoms with Crippen molar-refractivity contribution in [1.82, 2.24) is 9.78 Å². The Morgan fingerprint density at radius 2 is 2.00 bits per heavy atom. The van der Waals surface area contributed by atoms with Crippen molar-refractivity contribution < 1.29 is 17.6 Å². The molecular formula is C15H13N3O5S2. The summed E-state index contributed by atoms with van der Waals surface area (Å²) in [6.07, 6.45) is 1.10. The van der Waals surface area contributed by atoms with Crippen molar-refractivity contribution in [3.8, 4) is 10.8 Å². The Morgan fingerprint density at radius 1 is 1.28 bits per heavy atom. The summed E-state index contributed by atoms with van der Waals surface area (Å²) in [7, 11) is -3.30. The maximum absolute atomic E-state index is 12.0. The summed E-state index contributed by atoms with van der Waals surface area (Å²) in [5, 5.41) is 8.38. The Bertz CT molecular complexity index is 1050. The second-order valence-corrected chi connectivity index (χ2v) is 8.12. The van der Waals surface area contributed by atoms with Crippen molar-refractivity contribution in [2.24, 2.45) is 0 Å². The van der Waals surface area contributed by atoms with Gasteiger partial charge in [0.15, 0.2) is 9.84 Å². The number of sulfone groups is 1. The lowest BCUT2D eigenvalue weighted by Crippen LogP contribution is -2.25. The number of hydrogen-bond acceptors (Lipinski definition) is 7. The Hall–Kier alpha value is -2.72. The topological polar surface area (TPSA) is 111 Å². The van der Waals surface area contributed by atoms with Gasteiger partial charge in [0, 0.05) is 11.9 Å². The van der Waals surface area contributed by atoms with Gasteiger partial charge in [-0.05, 0) is 35.7 Å². The van der Waals surface area contributed by atoms with E-state index >= 15 is 0 Å². The summed E-state index contributed by atoms with van der Waals surface area (Å²) in [6.45, 7) is -0.318. The number of anilines is 1. The third-order valence-corrected chi connectivity index (χ3v) is 5.18. The summed E-state index contributed by atoms with van der Waals surface area (Å²) in [5.41, 5.74) is 0.410. The fraction of sp³-hybridized carbons (Fsp3) is 0.133. The van der Waals surface area contributed by atoms with Crippen LogP contribution in [0.1, 0.15) is 0 Å². The van der Waals surface area contributed by atoms with E-state index in [1.165, 1.54) is 35.6 Å². The number of thiophene rings is 1. The number of benzene rings is 1. The number of carbonyl (C=O) groups excluding carboxylic acids is 1. The van der Waals surface area contributed by atoms with Gasteiger partial charge in [0.25, 0.3) is 5.89 Å². The van der Waals surface area contributed by atoms with E-state index in [9.17, 15) is 18.0 Å². The first-order valence-corrected chi connectivity index (χ1v) is 9.82. The van der Waals surface area contributed by atoms with Crippen molar-refractivity contribution in [3.63, 3.8) is 0 Å². The molecule has 2 aromatic heterocycles. The fourth-order valence-corrected chi connectivity index (χ4v) is 3.30. The minimum atomic E-state index is -3.30. The van der Waals surface area contributed by atoms with Crippen LogP contribution in [-0.4, -0.2) is 30.4 Å². The van der Waals surface area contributed by atoms with Crippen LogP contribution in [0, 0.1) is 0 Å². The Balaban J connectivity index is 1.70. The van der Waals surface area contributed by atoms with E-state index in [2.05, 4.69) is 10.4 Å². The number of amides is 1. The Kier molecular flexibility index (Phi) is 4.55. The van der Waals surface area contributed by atoms with Crippen LogP contribution in [0.4, 0.5) is 5.69 Å². The molecule has 0 radical (unpaired) electrons. The van der Waals surface area contributed by atoms with E-state index in [1.54, 1.807) is 12.1 Å². The predicted molar refractivity (Wildman–Crippen MR) is 92.3 cm³/mol. The molecule has 130 valence electrons. The first kappa shape index (κ1) is 17.1. The lowest BCUT2D eigenvalue weighted by molar-refractivity contribution is -0.117. The second kappa shape index (κ2) is 6.65. The molecule has 0 unspecified atom stereocenters. The van der Waals surface area contributed by atoms with E-state index in [0.717, 1.165) is 10.9 Å². The highest BCUT2D eigenvalue weighted by Gasteiger charge is 2.14. The van der Waals surface area contributed by atoms with Crippen LogP contribution in [0.25, 0.3) is 10.8 Å². The largest absolute Gasteiger partial charge is 0.437 e. The molecule has 25 heavy (non-hydrogen) atoms. The fourth-order valence-electron chi connectivity index (χ4n) is 2.03. The maximum Gasteiger partial charge on any atom is 0.437 e. The zero-order chi connectivity index (χ0) is 18.0. The molecule has 3 aromatic rings. The van der Waals surface area contributed by atoms with Crippen LogP contribution in [0.3, 0.4) is 0 Å². The van der Waals surface area contributed by atoms with Gasteiger partial charge < -0.3 is 9.73 Å². The molecule has 0 bridgehead atoms. The average molecular weight is 379 g/mol. The van der Waals surface area contributed by atoms with E-state index in [0.29, 0.717) is 10.6 Å². The summed E-state index contributed by atoms with van der Waals surface area (Å²) >= 11 is 1.36. The Morgan fingerprint density at radius 3 is 2.60 bits per heavy atom. The summed E-state index contributed by atoms with van der Waals surface area (Å²) in [6, 6.07) is 9.27. The van der Waals surface area contributed by atoms with Gasteiger partial charge in [-0.25, -0.2) is 13.2 Å². The van der Waals surface area contributed by atoms with Crippen molar-refractivity contribution in [2.45, 2.75) is 11.4 Å². The first-order valence-electron chi connectivity index (χ1n) is 7.05. The SMILES string of the molecule is CS(=O)(=O)c1ccc(NC(=O)Cn2nc(-c3cccs3)oc2=O)cc1. The molecule has 1 N–H and O–H groups in total. The number of aromatic nitrogens is 2. The zero-order valence-corrected chi connectivity index (χ0v) is 14.6. The maximum atomic E-state index is 12.0. The van der Waals surface area contributed by atoms with Gasteiger partial charge in [0.05, 0.1) is 9.77 Å². The quantitative estimate of drug-likeness (QED) is 0.721. The van der Waals surface area contributed by atoms with E-state index in [-0.39, 0.29) is 17.3 Å². The molecule has 10 heteroatoms. The second-order valence-electron chi connectivity index (χ2n) is 5.15. The predicted octanol–water partition coefficient (Wildman–Crippen LogP) is 1.61. The molecule has 1 amide bonds. The van der Waals surface area contributed by atoms with Crippen LogP contribution in [0.2, 0.25) is 0 Å². The lowest BCUT2D eigenvalue weighted by Gasteiger charge is -2.05. The van der Waals surface area contributed by atoms with Gasteiger partial charge in [0.1, 0.15) is 6.54 Å². The summed E-state index contributed by atoms with van der Waals surface area (Å²) in [4.78, 5) is 24.7. The molecule has 0 fully saturated rings. The number of rotatable bonds is 5. The molecule has 1 aromatic carbocycles. The molecule has 2 heterocycles. The van der Waals surface area contributed by atoms with Gasteiger partial charge in [-0.15, -0.1) is 16.4 Å². The van der Waals surface area contributed by atoms with Crippen LogP contribution in [0.15, 0.2) is 55.9 Å². The third-order valence-electron chi connectivity index (χ3n) is 3.20. The van der Waals surface area contributed by atoms with E-state index in [1.807, 2.05) is 5.38 Å². The minimum Gasteiger partial charge on any atom is -0.387 e. The highest BCUT2D eigenvalue weighted by molar-refractivity contribution is 7.90. The molecule has 0 saturated heterocycles. The summed E-state index contributed by atoms with van der Waals surface area (Å²) < 4.78 is 28.8. The van der Waals surface area contributed by atoms with Crippen molar-refractivity contribution in [1.29, 1.82) is 0 Å². The van der Waals surface area contributed by atoms with Gasteiger partial charge in [-0.3, -0.25) is 4.79 Å². The van der Waals surface area contributed by atoms with Gasteiger partial charge >= 0.3 is 5.76 Å². The third kappa shape index (κ3) is 4.03. The summed E-state index contributed by atoms with van der Waals surface area (Å²) in [5.74, 6) is -1.06. The molecule has 0 aliphatic rings. The molecular weight excluding hydrogens is 366 g/mol. The average Bonchev–Trinajstić information content (AvgIpc) is 3.17. The normalized spacial score (nSPS) is 11.4. The van der Waals surface area contributed by atoms with Crippen molar-refractivity contribution in [3.05, 3.63) is 52.3 Å². The molecule has 0 aliphatic heterocycles. The molecule has 0 saturated carbocycles. The van der Waals surface area contributed by atoms with Crippen LogP contribution < -0.4 is 11.1 Å². The number of carbonyl (C=O) groups is 1. The first-order chi connectivity index (χ1) is 11.8. The Labute approximate surface area is 146 Å². The molecule has 0 spiro atoms.